The Kier molecular flexibility index (Phi) is 5.64. The maximum atomic E-state index is 11.8. The third kappa shape index (κ3) is 4.84. The number of hydrogen-bond donors (Lipinski definition) is 1. The topological polar surface area (TPSA) is 47.6 Å². The normalized spacial score (nSPS) is 9.95. The van der Waals surface area contributed by atoms with Crippen molar-refractivity contribution >= 4 is 5.91 Å². The summed E-state index contributed by atoms with van der Waals surface area (Å²) in [5, 5.41) is 2.86. The minimum Gasteiger partial charge on any atom is -0.496 e. The zero-order chi connectivity index (χ0) is 14.9. The van der Waals surface area contributed by atoms with Crippen LogP contribution in [0, 0.1) is 0 Å². The molecule has 0 radical (unpaired) electrons. The molecule has 21 heavy (non-hydrogen) atoms. The van der Waals surface area contributed by atoms with E-state index in [0.717, 1.165) is 17.1 Å². The maximum Gasteiger partial charge on any atom is 0.223 e. The Hall–Kier alpha value is -2.49. The molecule has 0 aromatic heterocycles. The lowest BCUT2D eigenvalue weighted by Gasteiger charge is -2.10. The van der Waals surface area contributed by atoms with Crippen molar-refractivity contribution in [2.45, 2.75) is 13.0 Å². The molecule has 4 heteroatoms. The Balaban J connectivity index is 1.72. The van der Waals surface area contributed by atoms with Crippen LogP contribution < -0.4 is 14.8 Å². The molecule has 2 rings (SSSR count). The highest BCUT2D eigenvalue weighted by Gasteiger charge is 2.05. The number of para-hydroxylation sites is 2. The molecule has 0 heterocycles. The van der Waals surface area contributed by atoms with E-state index in [0.29, 0.717) is 19.6 Å². The number of amides is 1. The largest absolute Gasteiger partial charge is 0.496 e. The summed E-state index contributed by atoms with van der Waals surface area (Å²) in [5.74, 6) is 1.50. The second-order valence-corrected chi connectivity index (χ2v) is 4.50. The lowest BCUT2D eigenvalue weighted by molar-refractivity contribution is -0.121. The quantitative estimate of drug-likeness (QED) is 0.851. The van der Waals surface area contributed by atoms with Crippen molar-refractivity contribution in [2.24, 2.45) is 0 Å². The summed E-state index contributed by atoms with van der Waals surface area (Å²) in [6.07, 6.45) is 0.323. The summed E-state index contributed by atoms with van der Waals surface area (Å²) in [6.45, 7) is 0.815. The van der Waals surface area contributed by atoms with Gasteiger partial charge in [0.2, 0.25) is 5.91 Å². The molecule has 0 fully saturated rings. The van der Waals surface area contributed by atoms with E-state index in [9.17, 15) is 4.79 Å². The van der Waals surface area contributed by atoms with Gasteiger partial charge in [-0.2, -0.15) is 0 Å². The predicted molar refractivity (Wildman–Crippen MR) is 81.4 cm³/mol. The molecular weight excluding hydrogens is 266 g/mol. The molecule has 0 aliphatic carbocycles. The number of methoxy groups -OCH3 is 1. The summed E-state index contributed by atoms with van der Waals surface area (Å²) in [7, 11) is 1.62. The molecular formula is C17H19NO3. The number of benzene rings is 2. The van der Waals surface area contributed by atoms with Crippen LogP contribution in [0.1, 0.15) is 12.0 Å². The highest BCUT2D eigenvalue weighted by atomic mass is 16.5. The second-order valence-electron chi connectivity index (χ2n) is 4.50. The van der Waals surface area contributed by atoms with Gasteiger partial charge < -0.3 is 14.8 Å². The first-order chi connectivity index (χ1) is 10.3. The van der Waals surface area contributed by atoms with Crippen LogP contribution in [0.15, 0.2) is 54.6 Å². The van der Waals surface area contributed by atoms with Gasteiger partial charge in [-0.3, -0.25) is 4.79 Å². The minimum absolute atomic E-state index is 0.0446. The van der Waals surface area contributed by atoms with Gasteiger partial charge in [0.1, 0.15) is 11.5 Å². The van der Waals surface area contributed by atoms with Gasteiger partial charge in [-0.25, -0.2) is 0 Å². The Bertz CT molecular complexity index is 569. The molecule has 2 aromatic carbocycles. The Labute approximate surface area is 124 Å². The number of ether oxygens (including phenoxy) is 2. The molecule has 0 spiro atoms. The number of hydrogen-bond acceptors (Lipinski definition) is 3. The second kappa shape index (κ2) is 7.94. The smallest absolute Gasteiger partial charge is 0.223 e. The van der Waals surface area contributed by atoms with E-state index >= 15 is 0 Å². The van der Waals surface area contributed by atoms with Gasteiger partial charge >= 0.3 is 0 Å². The van der Waals surface area contributed by atoms with Gasteiger partial charge in [0.05, 0.1) is 20.1 Å². The van der Waals surface area contributed by atoms with E-state index in [2.05, 4.69) is 5.32 Å². The van der Waals surface area contributed by atoms with Crippen molar-refractivity contribution in [1.82, 2.24) is 5.32 Å². The first kappa shape index (κ1) is 14.9. The van der Waals surface area contributed by atoms with Crippen LogP contribution in [-0.2, 0) is 11.3 Å². The van der Waals surface area contributed by atoms with Gasteiger partial charge in [0.15, 0.2) is 0 Å². The van der Waals surface area contributed by atoms with Crippen molar-refractivity contribution < 1.29 is 14.3 Å². The number of carbonyl (C=O) groups excluding carboxylic acids is 1. The molecule has 4 nitrogen and oxygen atoms in total. The highest BCUT2D eigenvalue weighted by Crippen LogP contribution is 2.16. The Morgan fingerprint density at radius 3 is 2.52 bits per heavy atom. The summed E-state index contributed by atoms with van der Waals surface area (Å²) in [5.41, 5.74) is 0.956. The Morgan fingerprint density at radius 1 is 1.05 bits per heavy atom. The van der Waals surface area contributed by atoms with Gasteiger partial charge in [0, 0.05) is 12.1 Å². The average molecular weight is 285 g/mol. The molecule has 0 bridgehead atoms. The number of nitrogens with one attached hydrogen (secondary N) is 1. The fourth-order valence-electron chi connectivity index (χ4n) is 1.91. The van der Waals surface area contributed by atoms with Crippen molar-refractivity contribution in [2.75, 3.05) is 13.7 Å². The Morgan fingerprint density at radius 2 is 1.76 bits per heavy atom. The van der Waals surface area contributed by atoms with Crippen LogP contribution >= 0.6 is 0 Å². The van der Waals surface area contributed by atoms with Crippen molar-refractivity contribution in [3.8, 4) is 11.5 Å². The number of carbonyl (C=O) groups is 1. The lowest BCUT2D eigenvalue weighted by Crippen LogP contribution is -2.24. The fraction of sp³-hybridized carbons (Fsp3) is 0.235. The van der Waals surface area contributed by atoms with Crippen LogP contribution in [0.2, 0.25) is 0 Å². The highest BCUT2D eigenvalue weighted by molar-refractivity contribution is 5.76. The molecule has 0 aliphatic heterocycles. The van der Waals surface area contributed by atoms with E-state index in [1.807, 2.05) is 54.6 Å². The first-order valence-corrected chi connectivity index (χ1v) is 6.86. The van der Waals surface area contributed by atoms with E-state index in [1.165, 1.54) is 0 Å². The third-order valence-electron chi connectivity index (χ3n) is 3.01. The van der Waals surface area contributed by atoms with Crippen molar-refractivity contribution in [3.05, 3.63) is 60.2 Å². The van der Waals surface area contributed by atoms with E-state index in [1.54, 1.807) is 7.11 Å². The third-order valence-corrected chi connectivity index (χ3v) is 3.01. The van der Waals surface area contributed by atoms with Crippen molar-refractivity contribution in [1.29, 1.82) is 0 Å². The number of rotatable bonds is 7. The monoisotopic (exact) mass is 285 g/mol. The lowest BCUT2D eigenvalue weighted by atomic mass is 10.2. The van der Waals surface area contributed by atoms with Gasteiger partial charge in [-0.15, -0.1) is 0 Å². The van der Waals surface area contributed by atoms with Gasteiger partial charge in [0.25, 0.3) is 0 Å². The molecule has 0 aliphatic rings. The van der Waals surface area contributed by atoms with Crippen LogP contribution in [0.5, 0.6) is 11.5 Å². The molecule has 0 atom stereocenters. The van der Waals surface area contributed by atoms with Crippen LogP contribution in [0.25, 0.3) is 0 Å². The van der Waals surface area contributed by atoms with Gasteiger partial charge in [-0.05, 0) is 18.2 Å². The van der Waals surface area contributed by atoms with Crippen LogP contribution in [0.4, 0.5) is 0 Å². The summed E-state index contributed by atoms with van der Waals surface area (Å²) in [4.78, 5) is 11.8. The average Bonchev–Trinajstić information content (AvgIpc) is 2.54. The standard InChI is InChI=1S/C17H19NO3/c1-20-16-10-6-5-7-14(16)13-18-17(19)11-12-21-15-8-3-2-4-9-15/h2-10H,11-13H2,1H3,(H,18,19). The van der Waals surface area contributed by atoms with Gasteiger partial charge in [-0.1, -0.05) is 36.4 Å². The summed E-state index contributed by atoms with van der Waals surface area (Å²) < 4.78 is 10.7. The van der Waals surface area contributed by atoms with E-state index < -0.39 is 0 Å². The van der Waals surface area contributed by atoms with Crippen molar-refractivity contribution in [3.63, 3.8) is 0 Å². The summed E-state index contributed by atoms with van der Waals surface area (Å²) >= 11 is 0. The molecule has 1 amide bonds. The zero-order valence-corrected chi connectivity index (χ0v) is 12.0. The molecule has 0 saturated heterocycles. The zero-order valence-electron chi connectivity index (χ0n) is 12.0. The molecule has 2 aromatic rings. The predicted octanol–water partition coefficient (Wildman–Crippen LogP) is 2.78. The first-order valence-electron chi connectivity index (χ1n) is 6.86. The van der Waals surface area contributed by atoms with E-state index in [-0.39, 0.29) is 5.91 Å². The van der Waals surface area contributed by atoms with E-state index in [4.69, 9.17) is 9.47 Å². The SMILES string of the molecule is COc1ccccc1CNC(=O)CCOc1ccccc1. The van der Waals surface area contributed by atoms with Crippen LogP contribution in [-0.4, -0.2) is 19.6 Å². The molecule has 0 unspecified atom stereocenters. The maximum absolute atomic E-state index is 11.8. The van der Waals surface area contributed by atoms with Crippen LogP contribution in [0.3, 0.4) is 0 Å². The molecule has 0 saturated carbocycles. The molecule has 1 N–H and O–H groups in total. The summed E-state index contributed by atoms with van der Waals surface area (Å²) in [6, 6.07) is 17.1. The minimum atomic E-state index is -0.0446. The molecule has 110 valence electrons. The fourth-order valence-corrected chi connectivity index (χ4v) is 1.91.